The summed E-state index contributed by atoms with van der Waals surface area (Å²) in [6.45, 7) is 14.3. The zero-order chi connectivity index (χ0) is 23.9. The molecule has 0 aliphatic carbocycles. The minimum absolute atomic E-state index is 0.0512. The van der Waals surface area contributed by atoms with Crippen LogP contribution in [0.25, 0.3) is 0 Å². The number of carbonyl (C=O) groups excluding carboxylic acids is 2. The number of ether oxygens (including phenoxy) is 1. The lowest BCUT2D eigenvalue weighted by Crippen LogP contribution is -2.50. The number of aryl methyl sites for hydroxylation is 1. The van der Waals surface area contributed by atoms with E-state index < -0.39 is 6.04 Å². The maximum Gasteiger partial charge on any atom is 0.261 e. The second-order valence-electron chi connectivity index (χ2n) is 9.48. The van der Waals surface area contributed by atoms with E-state index in [9.17, 15) is 9.59 Å². The van der Waals surface area contributed by atoms with Gasteiger partial charge in [-0.1, -0.05) is 70.2 Å². The van der Waals surface area contributed by atoms with Crippen molar-refractivity contribution in [3.05, 3.63) is 65.2 Å². The second-order valence-corrected chi connectivity index (χ2v) is 9.48. The van der Waals surface area contributed by atoms with E-state index in [1.807, 2.05) is 69.3 Å². The summed E-state index contributed by atoms with van der Waals surface area (Å²) in [5, 5.41) is 2.99. The molecule has 0 fully saturated rings. The molecule has 0 unspecified atom stereocenters. The van der Waals surface area contributed by atoms with Gasteiger partial charge in [-0.05, 0) is 55.4 Å². The molecule has 174 valence electrons. The van der Waals surface area contributed by atoms with Gasteiger partial charge in [0.15, 0.2) is 6.61 Å². The normalized spacial score (nSPS) is 13.2. The van der Waals surface area contributed by atoms with Crippen LogP contribution in [-0.2, 0) is 21.5 Å². The molecule has 1 N–H and O–H groups in total. The predicted octanol–water partition coefficient (Wildman–Crippen LogP) is 5.00. The van der Waals surface area contributed by atoms with Crippen molar-refractivity contribution in [1.82, 2.24) is 10.2 Å². The highest BCUT2D eigenvalue weighted by molar-refractivity contribution is 5.88. The van der Waals surface area contributed by atoms with Crippen LogP contribution >= 0.6 is 0 Å². The lowest BCUT2D eigenvalue weighted by Gasteiger charge is -2.30. The maximum atomic E-state index is 13.3. The van der Waals surface area contributed by atoms with Gasteiger partial charge in [0.25, 0.3) is 5.91 Å². The molecule has 2 amide bonds. The zero-order valence-corrected chi connectivity index (χ0v) is 20.6. The van der Waals surface area contributed by atoms with E-state index in [2.05, 4.69) is 26.1 Å². The second kappa shape index (κ2) is 11.2. The number of carbonyl (C=O) groups is 2. The fourth-order valence-electron chi connectivity index (χ4n) is 3.45. The Morgan fingerprint density at radius 1 is 1.03 bits per heavy atom. The van der Waals surface area contributed by atoms with Gasteiger partial charge in [-0.3, -0.25) is 9.59 Å². The van der Waals surface area contributed by atoms with Gasteiger partial charge in [0.1, 0.15) is 11.8 Å². The summed E-state index contributed by atoms with van der Waals surface area (Å²) in [4.78, 5) is 27.8. The fraction of sp³-hybridized carbons (Fsp3) is 0.481. The number of amides is 2. The molecule has 2 rings (SSSR count). The molecule has 2 aromatic carbocycles. The van der Waals surface area contributed by atoms with Gasteiger partial charge in [-0.15, -0.1) is 0 Å². The summed E-state index contributed by atoms with van der Waals surface area (Å²) in [6, 6.07) is 15.1. The Hall–Kier alpha value is -2.82. The molecule has 0 radical (unpaired) electrons. The molecule has 0 bridgehead atoms. The topological polar surface area (TPSA) is 58.6 Å². The third-order valence-corrected chi connectivity index (χ3v) is 5.82. The quantitative estimate of drug-likeness (QED) is 0.599. The molecule has 2 aromatic rings. The van der Waals surface area contributed by atoms with Crippen molar-refractivity contribution in [2.45, 2.75) is 78.9 Å². The largest absolute Gasteiger partial charge is 0.483 e. The highest BCUT2D eigenvalue weighted by atomic mass is 16.5. The molecule has 0 aliphatic rings. The van der Waals surface area contributed by atoms with Crippen LogP contribution in [0.1, 0.15) is 64.7 Å². The van der Waals surface area contributed by atoms with Crippen LogP contribution < -0.4 is 10.1 Å². The first-order valence-electron chi connectivity index (χ1n) is 11.4. The minimum Gasteiger partial charge on any atom is -0.483 e. The average Bonchev–Trinajstić information content (AvgIpc) is 2.75. The van der Waals surface area contributed by atoms with E-state index in [1.165, 1.54) is 0 Å². The van der Waals surface area contributed by atoms with Crippen LogP contribution in [0.3, 0.4) is 0 Å². The number of hydrogen-bond donors (Lipinski definition) is 1. The van der Waals surface area contributed by atoms with Crippen molar-refractivity contribution in [3.8, 4) is 5.75 Å². The zero-order valence-electron chi connectivity index (χ0n) is 20.6. The molecule has 2 atom stereocenters. The van der Waals surface area contributed by atoms with Gasteiger partial charge < -0.3 is 15.0 Å². The van der Waals surface area contributed by atoms with Gasteiger partial charge in [-0.2, -0.15) is 0 Å². The molecule has 0 aliphatic heterocycles. The van der Waals surface area contributed by atoms with Gasteiger partial charge in [0, 0.05) is 12.6 Å². The van der Waals surface area contributed by atoms with Crippen LogP contribution in [0.5, 0.6) is 5.75 Å². The Morgan fingerprint density at radius 3 is 2.28 bits per heavy atom. The molecule has 0 spiro atoms. The van der Waals surface area contributed by atoms with Crippen molar-refractivity contribution in [3.63, 3.8) is 0 Å². The van der Waals surface area contributed by atoms with E-state index >= 15 is 0 Å². The van der Waals surface area contributed by atoms with E-state index in [1.54, 1.807) is 11.8 Å². The highest BCUT2D eigenvalue weighted by Crippen LogP contribution is 2.31. The molecule has 0 aromatic heterocycles. The molecular formula is C27H38N2O3. The fourth-order valence-corrected chi connectivity index (χ4v) is 3.45. The monoisotopic (exact) mass is 438 g/mol. The van der Waals surface area contributed by atoms with Crippen LogP contribution in [0, 0.1) is 6.92 Å². The van der Waals surface area contributed by atoms with Crippen molar-refractivity contribution in [1.29, 1.82) is 0 Å². The molecule has 0 saturated carbocycles. The van der Waals surface area contributed by atoms with Gasteiger partial charge in [-0.25, -0.2) is 0 Å². The Bertz CT molecular complexity index is 917. The van der Waals surface area contributed by atoms with E-state index in [0.29, 0.717) is 12.3 Å². The van der Waals surface area contributed by atoms with Crippen LogP contribution in [0.2, 0.25) is 0 Å². The van der Waals surface area contributed by atoms with Crippen LogP contribution in [0.15, 0.2) is 48.5 Å². The number of nitrogens with zero attached hydrogens (tertiary/aromatic N) is 1. The van der Waals surface area contributed by atoms with Crippen molar-refractivity contribution in [2.24, 2.45) is 0 Å². The minimum atomic E-state index is -0.613. The molecule has 5 nitrogen and oxygen atoms in total. The SMILES string of the molecule is CC[C@H](C)NC(=O)[C@H](C)N(Cc1ccccc1C)C(=O)COc1ccccc1C(C)(C)C. The van der Waals surface area contributed by atoms with Gasteiger partial charge in [0.2, 0.25) is 5.91 Å². The lowest BCUT2D eigenvalue weighted by molar-refractivity contribution is -0.142. The smallest absolute Gasteiger partial charge is 0.261 e. The Labute approximate surface area is 193 Å². The van der Waals surface area contributed by atoms with Crippen molar-refractivity contribution < 1.29 is 14.3 Å². The number of rotatable bonds is 9. The van der Waals surface area contributed by atoms with Gasteiger partial charge >= 0.3 is 0 Å². The average molecular weight is 439 g/mol. The molecule has 0 saturated heterocycles. The summed E-state index contributed by atoms with van der Waals surface area (Å²) in [5.41, 5.74) is 3.03. The molecule has 5 heteroatoms. The maximum absolute atomic E-state index is 13.3. The van der Waals surface area contributed by atoms with Crippen molar-refractivity contribution >= 4 is 11.8 Å². The highest BCUT2D eigenvalue weighted by Gasteiger charge is 2.28. The number of benzene rings is 2. The first-order valence-corrected chi connectivity index (χ1v) is 11.4. The summed E-state index contributed by atoms with van der Waals surface area (Å²) >= 11 is 0. The first kappa shape index (κ1) is 25.4. The number of nitrogens with one attached hydrogen (secondary N) is 1. The Balaban J connectivity index is 2.24. The predicted molar refractivity (Wildman–Crippen MR) is 130 cm³/mol. The van der Waals surface area contributed by atoms with E-state index in [0.717, 1.165) is 23.1 Å². The molecular weight excluding hydrogens is 400 g/mol. The summed E-state index contributed by atoms with van der Waals surface area (Å²) in [7, 11) is 0. The summed E-state index contributed by atoms with van der Waals surface area (Å²) in [6.07, 6.45) is 0.830. The number of hydrogen-bond acceptors (Lipinski definition) is 3. The van der Waals surface area contributed by atoms with Crippen LogP contribution in [0.4, 0.5) is 0 Å². The molecule has 32 heavy (non-hydrogen) atoms. The van der Waals surface area contributed by atoms with Crippen LogP contribution in [-0.4, -0.2) is 35.4 Å². The van der Waals surface area contributed by atoms with E-state index in [4.69, 9.17) is 4.74 Å². The van der Waals surface area contributed by atoms with Crippen molar-refractivity contribution in [2.75, 3.05) is 6.61 Å². The lowest BCUT2D eigenvalue weighted by atomic mass is 9.86. The van der Waals surface area contributed by atoms with Gasteiger partial charge in [0.05, 0.1) is 0 Å². The summed E-state index contributed by atoms with van der Waals surface area (Å²) < 4.78 is 5.98. The van der Waals surface area contributed by atoms with E-state index in [-0.39, 0.29) is 29.9 Å². The standard InChI is InChI=1S/C27H38N2O3/c1-8-20(3)28-26(31)21(4)29(17-22-14-10-9-13-19(22)2)25(30)18-32-24-16-12-11-15-23(24)27(5,6)7/h9-16,20-21H,8,17-18H2,1-7H3,(H,28,31)/t20-,21-/m0/s1. The first-order chi connectivity index (χ1) is 15.0. The third kappa shape index (κ3) is 6.84. The summed E-state index contributed by atoms with van der Waals surface area (Å²) in [5.74, 6) is 0.320. The molecule has 0 heterocycles. The number of para-hydroxylation sites is 1. The third-order valence-electron chi connectivity index (χ3n) is 5.82. The Kier molecular flexibility index (Phi) is 8.88. The Morgan fingerprint density at radius 2 is 1.66 bits per heavy atom.